The van der Waals surface area contributed by atoms with Crippen molar-refractivity contribution in [2.75, 3.05) is 17.2 Å². The molecule has 0 saturated carbocycles. The molecule has 5 rings (SSSR count). The number of allylic oxidation sites excluding steroid dienone is 2. The highest BCUT2D eigenvalue weighted by molar-refractivity contribution is 6.36. The summed E-state index contributed by atoms with van der Waals surface area (Å²) >= 11 is 13.1. The van der Waals surface area contributed by atoms with Crippen LogP contribution < -0.4 is 15.4 Å². The van der Waals surface area contributed by atoms with Crippen LogP contribution in [-0.2, 0) is 4.79 Å². The summed E-state index contributed by atoms with van der Waals surface area (Å²) in [5.74, 6) is 0.924. The molecule has 0 radical (unpaired) electrons. The molecule has 2 heterocycles. The lowest BCUT2D eigenvalue weighted by atomic mass is 9.85. The lowest BCUT2D eigenvalue weighted by Crippen LogP contribution is -2.32. The van der Waals surface area contributed by atoms with Crippen LogP contribution in [0.2, 0.25) is 10.0 Å². The van der Waals surface area contributed by atoms with E-state index in [9.17, 15) is 9.59 Å². The first-order chi connectivity index (χ1) is 16.5. The highest BCUT2D eigenvalue weighted by Gasteiger charge is 2.39. The van der Waals surface area contributed by atoms with Gasteiger partial charge in [0, 0.05) is 39.0 Å². The molecule has 2 aliphatic rings. The first-order valence-corrected chi connectivity index (χ1v) is 11.8. The van der Waals surface area contributed by atoms with Gasteiger partial charge >= 0.3 is 0 Å². The number of carbonyl (C=O) groups excluding carboxylic acids is 2. The zero-order valence-corrected chi connectivity index (χ0v) is 19.9. The van der Waals surface area contributed by atoms with Crippen LogP contribution in [0.4, 0.5) is 11.5 Å². The molecule has 9 heteroatoms. The molecule has 1 aromatic heterocycles. The first kappa shape index (κ1) is 22.5. The number of ether oxygens (including phenoxy) is 1. The maximum Gasteiger partial charge on any atom is 0.261 e. The van der Waals surface area contributed by atoms with Crippen molar-refractivity contribution in [3.05, 3.63) is 81.1 Å². The van der Waals surface area contributed by atoms with E-state index in [0.29, 0.717) is 57.7 Å². The zero-order valence-electron chi connectivity index (χ0n) is 18.4. The van der Waals surface area contributed by atoms with Gasteiger partial charge in [-0.25, -0.2) is 4.68 Å². The zero-order chi connectivity index (χ0) is 23.8. The van der Waals surface area contributed by atoms with Gasteiger partial charge < -0.3 is 15.4 Å². The van der Waals surface area contributed by atoms with Crippen molar-refractivity contribution in [1.82, 2.24) is 9.78 Å². The van der Waals surface area contributed by atoms with E-state index in [0.717, 1.165) is 17.9 Å². The minimum absolute atomic E-state index is 0.0243. The van der Waals surface area contributed by atoms with Crippen LogP contribution in [0.3, 0.4) is 0 Å². The van der Waals surface area contributed by atoms with Gasteiger partial charge in [0.1, 0.15) is 23.2 Å². The summed E-state index contributed by atoms with van der Waals surface area (Å²) in [5.41, 5.74) is 2.95. The van der Waals surface area contributed by atoms with E-state index in [2.05, 4.69) is 15.7 Å². The van der Waals surface area contributed by atoms with Crippen LogP contribution in [0.5, 0.6) is 5.75 Å². The summed E-state index contributed by atoms with van der Waals surface area (Å²) in [5, 5.41) is 11.6. The predicted molar refractivity (Wildman–Crippen MR) is 132 cm³/mol. The van der Waals surface area contributed by atoms with Gasteiger partial charge in [0.2, 0.25) is 0 Å². The highest BCUT2D eigenvalue weighted by atomic mass is 35.5. The van der Waals surface area contributed by atoms with Crippen LogP contribution >= 0.6 is 23.2 Å². The molecular formula is C25H22Cl2N4O3. The van der Waals surface area contributed by atoms with Crippen molar-refractivity contribution in [2.24, 2.45) is 0 Å². The van der Waals surface area contributed by atoms with E-state index >= 15 is 0 Å². The molecule has 0 bridgehead atoms. The fraction of sp³-hybridized carbons (Fsp3) is 0.240. The summed E-state index contributed by atoms with van der Waals surface area (Å²) in [7, 11) is 0. The van der Waals surface area contributed by atoms with E-state index in [1.807, 2.05) is 6.92 Å². The SMILES string of the molecule is CCOc1ccc(NC(=O)c2cnn3c2NC2=C(C(=O)CCC2)[C@@H]3c2c(Cl)cccc2Cl)cc1. The van der Waals surface area contributed by atoms with Crippen molar-refractivity contribution in [2.45, 2.75) is 32.2 Å². The molecule has 0 spiro atoms. The molecule has 34 heavy (non-hydrogen) atoms. The second-order valence-corrected chi connectivity index (χ2v) is 8.91. The number of Topliss-reactive ketones (excluding diaryl/α,β-unsaturated/α-hetero) is 1. The molecule has 1 aliphatic heterocycles. The van der Waals surface area contributed by atoms with Gasteiger partial charge in [-0.05, 0) is 56.2 Å². The number of nitrogens with one attached hydrogen (secondary N) is 2. The highest BCUT2D eigenvalue weighted by Crippen LogP contribution is 2.45. The number of amides is 1. The smallest absolute Gasteiger partial charge is 0.261 e. The number of fused-ring (bicyclic) bond motifs is 1. The summed E-state index contributed by atoms with van der Waals surface area (Å²) in [6.45, 7) is 2.48. The first-order valence-electron chi connectivity index (χ1n) is 11.1. The fourth-order valence-corrected chi connectivity index (χ4v) is 5.07. The van der Waals surface area contributed by atoms with Crippen LogP contribution in [0.15, 0.2) is 59.9 Å². The number of aromatic nitrogens is 2. The standard InChI is InChI=1S/C25H22Cl2N4O3/c1-2-34-15-11-9-14(10-12-15)29-25(33)16-13-28-31-23(21-17(26)5-3-6-18(21)27)22-19(30-24(16)31)7-4-8-20(22)32/h3,5-6,9-13,23,30H,2,4,7-8H2,1H3,(H,29,33)/t23-/m0/s1. The van der Waals surface area contributed by atoms with Crippen molar-refractivity contribution < 1.29 is 14.3 Å². The fourth-order valence-electron chi connectivity index (χ4n) is 4.46. The molecule has 174 valence electrons. The van der Waals surface area contributed by atoms with Crippen LogP contribution in [0.1, 0.15) is 48.1 Å². The molecule has 0 unspecified atom stereocenters. The molecule has 1 amide bonds. The van der Waals surface area contributed by atoms with E-state index in [4.69, 9.17) is 27.9 Å². The number of benzene rings is 2. The maximum atomic E-state index is 13.2. The second kappa shape index (κ2) is 9.16. The number of hydrogen-bond donors (Lipinski definition) is 2. The number of nitrogens with zero attached hydrogens (tertiary/aromatic N) is 2. The summed E-state index contributed by atoms with van der Waals surface area (Å²) in [6.07, 6.45) is 3.36. The Hall–Kier alpha value is -3.29. The largest absolute Gasteiger partial charge is 0.494 e. The molecule has 0 fully saturated rings. The summed E-state index contributed by atoms with van der Waals surface area (Å²) < 4.78 is 7.08. The third-order valence-corrected chi connectivity index (χ3v) is 6.64. The number of rotatable bonds is 5. The Morgan fingerprint density at radius 3 is 2.62 bits per heavy atom. The monoisotopic (exact) mass is 496 g/mol. The van der Waals surface area contributed by atoms with Gasteiger partial charge in [0.05, 0.1) is 12.8 Å². The Bertz CT molecular complexity index is 1290. The lowest BCUT2D eigenvalue weighted by molar-refractivity contribution is -0.116. The van der Waals surface area contributed by atoms with Crippen LogP contribution in [-0.4, -0.2) is 28.1 Å². The van der Waals surface area contributed by atoms with Gasteiger partial charge in [-0.2, -0.15) is 5.10 Å². The van der Waals surface area contributed by atoms with E-state index in [-0.39, 0.29) is 11.7 Å². The Morgan fingerprint density at radius 2 is 1.91 bits per heavy atom. The van der Waals surface area contributed by atoms with Gasteiger partial charge in [-0.1, -0.05) is 29.3 Å². The Kier molecular flexibility index (Phi) is 6.06. The quantitative estimate of drug-likeness (QED) is 0.461. The Morgan fingerprint density at radius 1 is 1.18 bits per heavy atom. The molecule has 1 aliphatic carbocycles. The van der Waals surface area contributed by atoms with Crippen molar-refractivity contribution in [1.29, 1.82) is 0 Å². The van der Waals surface area contributed by atoms with Gasteiger partial charge in [-0.3, -0.25) is 9.59 Å². The van der Waals surface area contributed by atoms with Crippen molar-refractivity contribution >= 4 is 46.4 Å². The van der Waals surface area contributed by atoms with Crippen molar-refractivity contribution in [3.63, 3.8) is 0 Å². The molecular weight excluding hydrogens is 475 g/mol. The third-order valence-electron chi connectivity index (χ3n) is 5.98. The number of hydrogen-bond acceptors (Lipinski definition) is 5. The van der Waals surface area contributed by atoms with Crippen LogP contribution in [0.25, 0.3) is 0 Å². The second-order valence-electron chi connectivity index (χ2n) is 8.09. The molecule has 3 aromatic rings. The van der Waals surface area contributed by atoms with Crippen molar-refractivity contribution in [3.8, 4) is 5.75 Å². The summed E-state index contributed by atoms with van der Waals surface area (Å²) in [6, 6.07) is 11.8. The third kappa shape index (κ3) is 3.95. The number of ketones is 1. The van der Waals surface area contributed by atoms with E-state index in [1.165, 1.54) is 6.20 Å². The predicted octanol–water partition coefficient (Wildman–Crippen LogP) is 5.86. The molecule has 0 saturated heterocycles. The lowest BCUT2D eigenvalue weighted by Gasteiger charge is -2.34. The summed E-state index contributed by atoms with van der Waals surface area (Å²) in [4.78, 5) is 26.2. The Balaban J connectivity index is 1.54. The van der Waals surface area contributed by atoms with E-state index in [1.54, 1.807) is 47.1 Å². The number of carbonyl (C=O) groups is 2. The minimum Gasteiger partial charge on any atom is -0.494 e. The van der Waals surface area contributed by atoms with E-state index < -0.39 is 6.04 Å². The number of halogens is 2. The topological polar surface area (TPSA) is 85.2 Å². The average molecular weight is 497 g/mol. The molecule has 1 atom stereocenters. The molecule has 2 aromatic carbocycles. The molecule has 2 N–H and O–H groups in total. The van der Waals surface area contributed by atoms with Crippen LogP contribution in [0, 0.1) is 0 Å². The number of anilines is 2. The van der Waals surface area contributed by atoms with Gasteiger partial charge in [0.15, 0.2) is 5.78 Å². The minimum atomic E-state index is -0.618. The maximum absolute atomic E-state index is 13.2. The normalized spacial score (nSPS) is 17.0. The Labute approximate surface area is 206 Å². The van der Waals surface area contributed by atoms with Gasteiger partial charge in [0.25, 0.3) is 5.91 Å². The molecule has 7 nitrogen and oxygen atoms in total. The average Bonchev–Trinajstić information content (AvgIpc) is 3.24. The van der Waals surface area contributed by atoms with Gasteiger partial charge in [-0.15, -0.1) is 0 Å².